The number of fused-ring (bicyclic) bond motifs is 1. The van der Waals surface area contributed by atoms with Gasteiger partial charge in [0.15, 0.2) is 0 Å². The van der Waals surface area contributed by atoms with Crippen LogP contribution in [0.15, 0.2) is 41.3 Å². The number of primary amides is 1. The van der Waals surface area contributed by atoms with Crippen LogP contribution in [0.4, 0.5) is 10.5 Å². The molecule has 0 aromatic carbocycles. The molecule has 3 aromatic rings. The van der Waals surface area contributed by atoms with E-state index in [1.165, 1.54) is 18.1 Å². The SMILES string of the molecule is COC(N)=O.Cc1nc(CC(C)C)c2[nH]c(Cn3cccc(NC(=O)CCC/C=C/C(=O)N(C)C)c3=O)cc2n1. The molecular formula is C28H39N7O5. The highest BCUT2D eigenvalue weighted by molar-refractivity contribution is 5.90. The van der Waals surface area contributed by atoms with Gasteiger partial charge in [-0.1, -0.05) is 19.9 Å². The van der Waals surface area contributed by atoms with Gasteiger partial charge < -0.3 is 30.2 Å². The molecule has 0 aliphatic carbocycles. The average Bonchev–Trinajstić information content (AvgIpc) is 3.28. The summed E-state index contributed by atoms with van der Waals surface area (Å²) in [4.78, 5) is 60.2. The number of hydrogen-bond acceptors (Lipinski definition) is 7. The molecule has 0 unspecified atom stereocenters. The van der Waals surface area contributed by atoms with E-state index in [0.717, 1.165) is 34.7 Å². The van der Waals surface area contributed by atoms with Crippen molar-refractivity contribution in [2.45, 2.75) is 53.0 Å². The van der Waals surface area contributed by atoms with Crippen LogP contribution in [-0.4, -0.2) is 63.5 Å². The number of nitrogens with one attached hydrogen (secondary N) is 2. The number of amides is 3. The smallest absolute Gasteiger partial charge is 0.404 e. The van der Waals surface area contributed by atoms with Gasteiger partial charge in [0, 0.05) is 32.4 Å². The number of nitrogens with zero attached hydrogens (tertiary/aromatic N) is 4. The second-order valence-electron chi connectivity index (χ2n) is 9.82. The Bertz CT molecular complexity index is 1410. The third-order valence-corrected chi connectivity index (χ3v) is 5.63. The van der Waals surface area contributed by atoms with Gasteiger partial charge in [-0.25, -0.2) is 14.8 Å². The first-order chi connectivity index (χ1) is 18.9. The molecule has 3 heterocycles. The minimum absolute atomic E-state index is 0.0902. The van der Waals surface area contributed by atoms with Gasteiger partial charge in [-0.2, -0.15) is 0 Å². The molecule has 0 radical (unpaired) electrons. The average molecular weight is 554 g/mol. The lowest BCUT2D eigenvalue weighted by molar-refractivity contribution is -0.123. The van der Waals surface area contributed by atoms with Crippen molar-refractivity contribution in [3.8, 4) is 0 Å². The Kier molecular flexibility index (Phi) is 12.1. The topological polar surface area (TPSA) is 165 Å². The summed E-state index contributed by atoms with van der Waals surface area (Å²) in [6.45, 7) is 6.50. The molecule has 4 N–H and O–H groups in total. The number of carbonyl (C=O) groups is 3. The largest absolute Gasteiger partial charge is 0.453 e. The first-order valence-electron chi connectivity index (χ1n) is 13.0. The number of aromatic amines is 1. The van der Waals surface area contributed by atoms with E-state index in [1.807, 2.05) is 13.0 Å². The number of methoxy groups -OCH3 is 1. The molecule has 12 nitrogen and oxygen atoms in total. The summed E-state index contributed by atoms with van der Waals surface area (Å²) >= 11 is 0. The molecule has 0 spiro atoms. The van der Waals surface area contributed by atoms with Crippen LogP contribution in [0.25, 0.3) is 11.0 Å². The molecule has 12 heteroatoms. The van der Waals surface area contributed by atoms with Gasteiger partial charge in [-0.3, -0.25) is 14.4 Å². The van der Waals surface area contributed by atoms with Crippen molar-refractivity contribution in [2.75, 3.05) is 26.5 Å². The Morgan fingerprint density at radius 3 is 2.58 bits per heavy atom. The Morgan fingerprint density at radius 1 is 1.25 bits per heavy atom. The maximum atomic E-state index is 13.0. The standard InChI is InChI=1S/C26H34N6O3.C2H5NO2/c1-17(2)14-21-25-22(28-18(3)27-21)15-19(29-25)16-32-13-9-10-20(26(32)35)30-23(33)11-7-6-8-12-24(34)31(4)5;1-5-2(3)4/h8-10,12-13,15,17,29H,6-7,11,14,16H2,1-5H3,(H,30,33);1H3,(H2,3,4)/b12-8+;. The summed E-state index contributed by atoms with van der Waals surface area (Å²) in [6.07, 6.45) is 6.48. The van der Waals surface area contributed by atoms with Crippen molar-refractivity contribution in [3.63, 3.8) is 0 Å². The van der Waals surface area contributed by atoms with E-state index in [4.69, 9.17) is 0 Å². The third-order valence-electron chi connectivity index (χ3n) is 5.63. The maximum absolute atomic E-state index is 13.0. The van der Waals surface area contributed by atoms with Gasteiger partial charge in [-0.15, -0.1) is 0 Å². The predicted octanol–water partition coefficient (Wildman–Crippen LogP) is 3.14. The highest BCUT2D eigenvalue weighted by Gasteiger charge is 2.13. The zero-order valence-electron chi connectivity index (χ0n) is 24.0. The van der Waals surface area contributed by atoms with Crippen molar-refractivity contribution in [1.82, 2.24) is 24.4 Å². The van der Waals surface area contributed by atoms with Crippen LogP contribution < -0.4 is 16.6 Å². The Hall–Kier alpha value is -4.48. The lowest BCUT2D eigenvalue weighted by Crippen LogP contribution is -2.25. The lowest BCUT2D eigenvalue weighted by atomic mass is 10.1. The lowest BCUT2D eigenvalue weighted by Gasteiger charge is -2.09. The molecule has 0 saturated carbocycles. The van der Waals surface area contributed by atoms with Crippen molar-refractivity contribution < 1.29 is 19.1 Å². The zero-order chi connectivity index (χ0) is 29.8. The highest BCUT2D eigenvalue weighted by atomic mass is 16.5. The predicted molar refractivity (Wildman–Crippen MR) is 154 cm³/mol. The molecule has 0 aliphatic rings. The summed E-state index contributed by atoms with van der Waals surface area (Å²) in [5.41, 5.74) is 7.95. The summed E-state index contributed by atoms with van der Waals surface area (Å²) < 4.78 is 5.44. The van der Waals surface area contributed by atoms with E-state index in [0.29, 0.717) is 25.3 Å². The number of carbonyl (C=O) groups excluding carboxylic acids is 3. The third kappa shape index (κ3) is 10.0. The number of aromatic nitrogens is 4. The minimum atomic E-state index is -0.745. The van der Waals surface area contributed by atoms with Crippen molar-refractivity contribution in [3.05, 3.63) is 64.1 Å². The minimum Gasteiger partial charge on any atom is -0.453 e. The Morgan fingerprint density at radius 2 is 1.95 bits per heavy atom. The van der Waals surface area contributed by atoms with Gasteiger partial charge in [-0.05, 0) is 56.4 Å². The van der Waals surface area contributed by atoms with Crippen LogP contribution in [0, 0.1) is 12.8 Å². The molecule has 0 aliphatic heterocycles. The van der Waals surface area contributed by atoms with Crippen LogP contribution in [0.2, 0.25) is 0 Å². The second-order valence-corrected chi connectivity index (χ2v) is 9.82. The van der Waals surface area contributed by atoms with Crippen molar-refractivity contribution in [2.24, 2.45) is 11.7 Å². The number of ether oxygens (including phenoxy) is 1. The summed E-state index contributed by atoms with van der Waals surface area (Å²) in [7, 11) is 4.59. The van der Waals surface area contributed by atoms with Gasteiger partial charge in [0.05, 0.1) is 30.4 Å². The van der Waals surface area contributed by atoms with Crippen LogP contribution >= 0.6 is 0 Å². The van der Waals surface area contributed by atoms with Crippen LogP contribution in [-0.2, 0) is 27.3 Å². The number of unbranched alkanes of at least 4 members (excludes halogenated alkanes) is 1. The molecule has 0 fully saturated rings. The van der Waals surface area contributed by atoms with E-state index in [1.54, 1.807) is 43.1 Å². The zero-order valence-corrected chi connectivity index (χ0v) is 24.0. The number of pyridine rings is 1. The van der Waals surface area contributed by atoms with Gasteiger partial charge in [0.2, 0.25) is 11.8 Å². The normalized spacial score (nSPS) is 10.9. The number of rotatable bonds is 10. The second kappa shape index (κ2) is 15.2. The highest BCUT2D eigenvalue weighted by Crippen LogP contribution is 2.20. The summed E-state index contributed by atoms with van der Waals surface area (Å²) in [5, 5.41) is 2.71. The van der Waals surface area contributed by atoms with Crippen LogP contribution in [0.3, 0.4) is 0 Å². The number of anilines is 1. The number of allylic oxidation sites excluding steroid dienone is 1. The molecule has 216 valence electrons. The van der Waals surface area contributed by atoms with Gasteiger partial charge in [0.25, 0.3) is 5.56 Å². The molecule has 0 atom stereocenters. The number of nitrogens with two attached hydrogens (primary N) is 1. The fraction of sp³-hybridized carbons (Fsp3) is 0.429. The van der Waals surface area contributed by atoms with Crippen molar-refractivity contribution in [1.29, 1.82) is 0 Å². The Balaban J connectivity index is 0.00000103. The quantitative estimate of drug-likeness (QED) is 0.256. The molecule has 0 saturated heterocycles. The summed E-state index contributed by atoms with van der Waals surface area (Å²) in [5.74, 6) is 0.855. The molecular weight excluding hydrogens is 514 g/mol. The maximum Gasteiger partial charge on any atom is 0.404 e. The fourth-order valence-electron chi connectivity index (χ4n) is 3.74. The van der Waals surface area contributed by atoms with Gasteiger partial charge >= 0.3 is 6.09 Å². The van der Waals surface area contributed by atoms with E-state index in [-0.39, 0.29) is 29.5 Å². The van der Waals surface area contributed by atoms with E-state index >= 15 is 0 Å². The van der Waals surface area contributed by atoms with E-state index in [2.05, 4.69) is 44.6 Å². The first kappa shape index (κ1) is 31.7. The molecule has 3 rings (SSSR count). The van der Waals surface area contributed by atoms with Crippen LogP contribution in [0.5, 0.6) is 0 Å². The van der Waals surface area contributed by atoms with Crippen LogP contribution in [0.1, 0.15) is 50.3 Å². The number of likely N-dealkylation sites (N-methyl/N-ethyl adjacent to an activating group) is 1. The van der Waals surface area contributed by atoms with E-state index < -0.39 is 6.09 Å². The van der Waals surface area contributed by atoms with Crippen molar-refractivity contribution >= 4 is 34.6 Å². The number of aryl methyl sites for hydroxylation is 1. The number of H-pyrrole nitrogens is 1. The fourth-order valence-corrected chi connectivity index (χ4v) is 3.74. The monoisotopic (exact) mass is 553 g/mol. The number of hydrogen-bond donors (Lipinski definition) is 3. The Labute approximate surface area is 233 Å². The van der Waals surface area contributed by atoms with Gasteiger partial charge in [0.1, 0.15) is 11.5 Å². The molecule has 40 heavy (non-hydrogen) atoms. The first-order valence-corrected chi connectivity index (χ1v) is 13.0. The van der Waals surface area contributed by atoms with E-state index in [9.17, 15) is 19.2 Å². The summed E-state index contributed by atoms with van der Waals surface area (Å²) in [6, 6.07) is 5.29. The molecule has 0 bridgehead atoms. The molecule has 3 amide bonds. The molecule has 3 aromatic heterocycles.